The molecule has 1 aliphatic carbocycles. The normalized spacial score (nSPS) is 17.2. The van der Waals surface area contributed by atoms with Crippen molar-refractivity contribution in [3.63, 3.8) is 0 Å². The van der Waals surface area contributed by atoms with Gasteiger partial charge in [0.15, 0.2) is 0 Å². The smallest absolute Gasteiger partial charge is 0.0568 e. The van der Waals surface area contributed by atoms with Crippen LogP contribution in [0.25, 0.3) is 16.3 Å². The zero-order valence-electron chi connectivity index (χ0n) is 17.0. The highest BCUT2D eigenvalue weighted by Gasteiger charge is 2.25. The van der Waals surface area contributed by atoms with E-state index in [0.717, 1.165) is 11.3 Å². The summed E-state index contributed by atoms with van der Waals surface area (Å²) in [6.07, 6.45) is 1.93. The minimum Gasteiger partial charge on any atom is -0.278 e. The summed E-state index contributed by atoms with van der Waals surface area (Å²) in [5.41, 5.74) is 12.3. The highest BCUT2D eigenvalue weighted by atomic mass is 15.3. The van der Waals surface area contributed by atoms with Crippen molar-refractivity contribution in [3.8, 4) is 0 Å². The monoisotopic (exact) mass is 366 g/mol. The van der Waals surface area contributed by atoms with Gasteiger partial charge in [0.1, 0.15) is 0 Å². The van der Waals surface area contributed by atoms with Gasteiger partial charge >= 0.3 is 0 Å². The van der Waals surface area contributed by atoms with Crippen molar-refractivity contribution in [1.82, 2.24) is 0 Å². The fraction of sp³-hybridized carbons (Fsp3) is 0.192. The van der Waals surface area contributed by atoms with Gasteiger partial charge in [-0.3, -0.25) is 5.43 Å². The predicted molar refractivity (Wildman–Crippen MR) is 122 cm³/mol. The van der Waals surface area contributed by atoms with E-state index in [4.69, 9.17) is 0 Å². The van der Waals surface area contributed by atoms with Crippen LogP contribution in [0.4, 0.5) is 5.69 Å². The third-order valence-electron chi connectivity index (χ3n) is 6.04. The molecule has 1 atom stereocenters. The Balaban J connectivity index is 1.61. The topological polar surface area (TPSA) is 24.4 Å². The number of nitrogens with zero attached hydrogens (tertiary/aromatic N) is 1. The molecule has 1 aliphatic rings. The molecular formula is C26H26N2. The summed E-state index contributed by atoms with van der Waals surface area (Å²) in [5.74, 6) is 0.447. The van der Waals surface area contributed by atoms with Gasteiger partial charge in [0, 0.05) is 11.5 Å². The molecular weight excluding hydrogens is 340 g/mol. The number of nitrogens with one attached hydrogen (secondary N) is 1. The van der Waals surface area contributed by atoms with Gasteiger partial charge in [0.25, 0.3) is 0 Å². The van der Waals surface area contributed by atoms with E-state index in [1.54, 1.807) is 0 Å². The van der Waals surface area contributed by atoms with Gasteiger partial charge in [-0.2, -0.15) is 5.10 Å². The molecule has 4 rings (SSSR count). The minimum atomic E-state index is 0.447. The fourth-order valence-corrected chi connectivity index (χ4v) is 4.09. The predicted octanol–water partition coefficient (Wildman–Crippen LogP) is 7.05. The summed E-state index contributed by atoms with van der Waals surface area (Å²) in [4.78, 5) is 0. The number of fused-ring (bicyclic) bond motifs is 1. The van der Waals surface area contributed by atoms with Gasteiger partial charge < -0.3 is 0 Å². The van der Waals surface area contributed by atoms with Crippen molar-refractivity contribution in [2.75, 3.05) is 5.43 Å². The van der Waals surface area contributed by atoms with Crippen LogP contribution < -0.4 is 5.43 Å². The van der Waals surface area contributed by atoms with E-state index in [0.29, 0.717) is 5.92 Å². The van der Waals surface area contributed by atoms with E-state index < -0.39 is 0 Å². The molecule has 0 fully saturated rings. The number of benzene rings is 3. The molecule has 0 spiro atoms. The molecule has 3 aromatic carbocycles. The Labute approximate surface area is 167 Å². The summed E-state index contributed by atoms with van der Waals surface area (Å²) in [5, 5.41) is 6.97. The maximum Gasteiger partial charge on any atom is 0.0568 e. The molecule has 0 saturated heterocycles. The number of anilines is 1. The van der Waals surface area contributed by atoms with Gasteiger partial charge in [-0.05, 0) is 66.0 Å². The lowest BCUT2D eigenvalue weighted by Gasteiger charge is -2.15. The van der Waals surface area contributed by atoms with Gasteiger partial charge in [0.05, 0.1) is 11.9 Å². The zero-order chi connectivity index (χ0) is 19.7. The van der Waals surface area contributed by atoms with Crippen molar-refractivity contribution >= 4 is 28.2 Å². The summed E-state index contributed by atoms with van der Waals surface area (Å²) < 4.78 is 0. The third kappa shape index (κ3) is 3.27. The average molecular weight is 367 g/mol. The summed E-state index contributed by atoms with van der Waals surface area (Å²) in [6.45, 7) is 9.01. The van der Waals surface area contributed by atoms with Crippen LogP contribution in [0.1, 0.15) is 38.8 Å². The number of allylic oxidation sites excluding steroid dienone is 4. The van der Waals surface area contributed by atoms with Crippen molar-refractivity contribution in [1.29, 1.82) is 0 Å². The molecule has 3 aromatic rings. The van der Waals surface area contributed by atoms with E-state index in [1.807, 2.05) is 6.21 Å². The van der Waals surface area contributed by atoms with Crippen molar-refractivity contribution < 1.29 is 0 Å². The number of rotatable bonds is 4. The minimum absolute atomic E-state index is 0.447. The van der Waals surface area contributed by atoms with E-state index in [9.17, 15) is 0 Å². The SMILES string of the molecule is CC1=C(C)C(C)C(c2ccccc2C=NNc2ccc3ccccc3c2)=C1C. The molecule has 0 heterocycles. The molecule has 28 heavy (non-hydrogen) atoms. The van der Waals surface area contributed by atoms with Crippen LogP contribution in [0.3, 0.4) is 0 Å². The van der Waals surface area contributed by atoms with Gasteiger partial charge in [-0.1, -0.05) is 67.1 Å². The first-order chi connectivity index (χ1) is 13.6. The van der Waals surface area contributed by atoms with Crippen LogP contribution in [-0.4, -0.2) is 6.21 Å². The molecule has 0 radical (unpaired) electrons. The lowest BCUT2D eigenvalue weighted by Crippen LogP contribution is -2.01. The van der Waals surface area contributed by atoms with Crippen molar-refractivity contribution in [2.24, 2.45) is 11.0 Å². The first-order valence-electron chi connectivity index (χ1n) is 9.82. The van der Waals surface area contributed by atoms with Crippen LogP contribution in [0.15, 0.2) is 88.6 Å². The molecule has 1 unspecified atom stereocenters. The van der Waals surface area contributed by atoms with Gasteiger partial charge in [0.2, 0.25) is 0 Å². The average Bonchev–Trinajstić information content (AvgIpc) is 2.91. The summed E-state index contributed by atoms with van der Waals surface area (Å²) in [6, 6.07) is 23.2. The van der Waals surface area contributed by atoms with Gasteiger partial charge in [-0.15, -0.1) is 0 Å². The molecule has 140 valence electrons. The van der Waals surface area contributed by atoms with E-state index in [-0.39, 0.29) is 0 Å². The quantitative estimate of drug-likeness (QED) is 0.388. The maximum atomic E-state index is 4.53. The van der Waals surface area contributed by atoms with E-state index in [1.165, 1.54) is 38.6 Å². The van der Waals surface area contributed by atoms with Crippen molar-refractivity contribution in [3.05, 3.63) is 94.6 Å². The third-order valence-corrected chi connectivity index (χ3v) is 6.04. The summed E-state index contributed by atoms with van der Waals surface area (Å²) in [7, 11) is 0. The Morgan fingerprint density at radius 1 is 0.821 bits per heavy atom. The van der Waals surface area contributed by atoms with Gasteiger partial charge in [-0.25, -0.2) is 0 Å². The van der Waals surface area contributed by atoms with Crippen molar-refractivity contribution in [2.45, 2.75) is 27.7 Å². The van der Waals surface area contributed by atoms with E-state index >= 15 is 0 Å². The molecule has 0 bridgehead atoms. The lowest BCUT2D eigenvalue weighted by atomic mass is 9.89. The second-order valence-electron chi connectivity index (χ2n) is 7.59. The second kappa shape index (κ2) is 7.47. The number of hydrogen-bond donors (Lipinski definition) is 1. The fourth-order valence-electron chi connectivity index (χ4n) is 4.09. The molecule has 1 N–H and O–H groups in total. The molecule has 0 amide bonds. The number of hydrogen-bond acceptors (Lipinski definition) is 2. The molecule has 2 heteroatoms. The Morgan fingerprint density at radius 3 is 2.29 bits per heavy atom. The van der Waals surface area contributed by atoms with Crippen LogP contribution >= 0.6 is 0 Å². The first-order valence-corrected chi connectivity index (χ1v) is 9.82. The maximum absolute atomic E-state index is 4.53. The van der Waals surface area contributed by atoms with Crippen LogP contribution in [0, 0.1) is 5.92 Å². The zero-order valence-corrected chi connectivity index (χ0v) is 17.0. The molecule has 0 aromatic heterocycles. The largest absolute Gasteiger partial charge is 0.278 e. The standard InChI is InChI=1S/C26H26N2/c1-17-18(2)20(4)26(19(17)3)25-12-8-7-11-23(25)16-27-28-24-14-13-21-9-5-6-10-22(21)15-24/h5-16,19,28H,1-4H3. The second-order valence-corrected chi connectivity index (χ2v) is 7.59. The van der Waals surface area contributed by atoms with Crippen LogP contribution in [-0.2, 0) is 0 Å². The van der Waals surface area contributed by atoms with Crippen LogP contribution in [0.2, 0.25) is 0 Å². The Hall–Kier alpha value is -3.13. The lowest BCUT2D eigenvalue weighted by molar-refractivity contribution is 0.895. The van der Waals surface area contributed by atoms with E-state index in [2.05, 4.69) is 105 Å². The Bertz CT molecular complexity index is 1130. The Kier molecular flexibility index (Phi) is 4.87. The number of hydrazone groups is 1. The first kappa shape index (κ1) is 18.2. The highest BCUT2D eigenvalue weighted by molar-refractivity contribution is 5.92. The molecule has 0 aliphatic heterocycles. The summed E-state index contributed by atoms with van der Waals surface area (Å²) >= 11 is 0. The van der Waals surface area contributed by atoms with Crippen LogP contribution in [0.5, 0.6) is 0 Å². The molecule has 0 saturated carbocycles. The molecule has 2 nitrogen and oxygen atoms in total. The highest BCUT2D eigenvalue weighted by Crippen LogP contribution is 2.42. The Morgan fingerprint density at radius 2 is 1.54 bits per heavy atom.